The molecule has 9 aromatic carbocycles. The predicted molar refractivity (Wildman–Crippen MR) is 221 cm³/mol. The molecule has 3 nitrogen and oxygen atoms in total. The molecular weight excluding hydrogens is 655 g/mol. The third-order valence-electron chi connectivity index (χ3n) is 11.4. The van der Waals surface area contributed by atoms with Crippen LogP contribution in [0.2, 0.25) is 0 Å². The Morgan fingerprint density at radius 3 is 1.41 bits per heavy atom. The van der Waals surface area contributed by atoms with Crippen molar-refractivity contribution in [3.05, 3.63) is 167 Å². The highest BCUT2D eigenvalue weighted by atomic mass is 14.3. The van der Waals surface area contributed by atoms with E-state index >= 15 is 0 Å². The van der Waals surface area contributed by atoms with Crippen molar-refractivity contribution < 1.29 is 0 Å². The number of rotatable bonds is 3. The second kappa shape index (κ2) is 11.8. The standard InChI is InChI=1S/C51H29N3/c1-29-20-32(27-53)12-16-35(29)43-22-49-45(39-7-4-3-6-38(39)43)23-44(36-17-13-33(28-54)21-30(36)2)48-25-47-42-19-18-37(34-14-10-31(26-52)11-15-34)40-8-5-9-41(51(40)42)46(47)24-50(48)49/h3-25H,1-2H3. The summed E-state index contributed by atoms with van der Waals surface area (Å²) in [4.78, 5) is 0. The molecule has 0 heterocycles. The van der Waals surface area contributed by atoms with Crippen LogP contribution in [0.3, 0.4) is 0 Å². The summed E-state index contributed by atoms with van der Waals surface area (Å²) in [6, 6.07) is 55.8. The van der Waals surface area contributed by atoms with Crippen LogP contribution < -0.4 is 0 Å². The molecule has 1 aliphatic rings. The van der Waals surface area contributed by atoms with Gasteiger partial charge in [0.1, 0.15) is 0 Å². The lowest BCUT2D eigenvalue weighted by atomic mass is 9.84. The summed E-state index contributed by atoms with van der Waals surface area (Å²) in [5, 5.41) is 38.2. The van der Waals surface area contributed by atoms with E-state index in [0.29, 0.717) is 16.7 Å². The van der Waals surface area contributed by atoms with Gasteiger partial charge in [-0.05, 0) is 184 Å². The average Bonchev–Trinajstić information content (AvgIpc) is 3.53. The van der Waals surface area contributed by atoms with E-state index in [-0.39, 0.29) is 0 Å². The Hall–Kier alpha value is -7.51. The number of hydrogen-bond donors (Lipinski definition) is 0. The quantitative estimate of drug-likeness (QED) is 0.174. The topological polar surface area (TPSA) is 71.4 Å². The molecule has 0 aromatic heterocycles. The minimum atomic E-state index is 0.648. The van der Waals surface area contributed by atoms with Crippen molar-refractivity contribution >= 4 is 43.1 Å². The van der Waals surface area contributed by atoms with Gasteiger partial charge in [0.2, 0.25) is 0 Å². The number of fused-ring (bicyclic) bond motifs is 8. The van der Waals surface area contributed by atoms with Gasteiger partial charge in [0.05, 0.1) is 34.9 Å². The van der Waals surface area contributed by atoms with E-state index in [1.54, 1.807) is 0 Å². The molecule has 1 aliphatic carbocycles. The van der Waals surface area contributed by atoms with Crippen LogP contribution in [0.1, 0.15) is 27.8 Å². The lowest BCUT2D eigenvalue weighted by molar-refractivity contribution is 1.42. The van der Waals surface area contributed by atoms with Gasteiger partial charge < -0.3 is 0 Å². The summed E-state index contributed by atoms with van der Waals surface area (Å²) in [6.45, 7) is 4.18. The number of aryl methyl sites for hydroxylation is 2. The molecule has 0 bridgehead atoms. The molecule has 248 valence electrons. The maximum atomic E-state index is 9.72. The molecule has 0 atom stereocenters. The molecule has 0 N–H and O–H groups in total. The first kappa shape index (κ1) is 31.2. The van der Waals surface area contributed by atoms with Gasteiger partial charge in [0, 0.05) is 0 Å². The van der Waals surface area contributed by atoms with Crippen molar-refractivity contribution in [2.75, 3.05) is 0 Å². The maximum absolute atomic E-state index is 9.72. The van der Waals surface area contributed by atoms with Crippen molar-refractivity contribution in [1.82, 2.24) is 0 Å². The molecule has 3 heteroatoms. The molecule has 0 unspecified atom stereocenters. The molecule has 9 aromatic rings. The van der Waals surface area contributed by atoms with E-state index in [0.717, 1.165) is 55.3 Å². The van der Waals surface area contributed by atoms with Gasteiger partial charge in [-0.3, -0.25) is 0 Å². The van der Waals surface area contributed by atoms with Gasteiger partial charge in [-0.25, -0.2) is 0 Å². The minimum absolute atomic E-state index is 0.648. The third-order valence-corrected chi connectivity index (χ3v) is 11.4. The maximum Gasteiger partial charge on any atom is 0.0991 e. The minimum Gasteiger partial charge on any atom is -0.192 e. The third kappa shape index (κ3) is 4.52. The monoisotopic (exact) mass is 683 g/mol. The summed E-state index contributed by atoms with van der Waals surface area (Å²) in [7, 11) is 0. The van der Waals surface area contributed by atoms with E-state index in [1.165, 1.54) is 54.6 Å². The summed E-state index contributed by atoms with van der Waals surface area (Å²) < 4.78 is 0. The Labute approximate surface area is 312 Å². The summed E-state index contributed by atoms with van der Waals surface area (Å²) in [5.41, 5.74) is 15.6. The van der Waals surface area contributed by atoms with Crippen molar-refractivity contribution in [3.63, 3.8) is 0 Å². The molecule has 0 saturated carbocycles. The van der Waals surface area contributed by atoms with Crippen molar-refractivity contribution in [2.24, 2.45) is 0 Å². The fraction of sp³-hybridized carbons (Fsp3) is 0.0392. The number of nitriles is 3. The molecule has 0 saturated heterocycles. The zero-order valence-electron chi connectivity index (χ0n) is 29.6. The van der Waals surface area contributed by atoms with Gasteiger partial charge in [-0.1, -0.05) is 78.9 Å². The summed E-state index contributed by atoms with van der Waals surface area (Å²) in [6.07, 6.45) is 0. The summed E-state index contributed by atoms with van der Waals surface area (Å²) in [5.74, 6) is 0. The first-order valence-corrected chi connectivity index (χ1v) is 18.0. The van der Waals surface area contributed by atoms with Gasteiger partial charge in [0.15, 0.2) is 0 Å². The Balaban J connectivity index is 1.32. The SMILES string of the molecule is Cc1cc(C#N)ccc1-c1cc2c3cc4c(cc3c(-c3ccc(C#N)cc3C)cc2c2ccccc12)-c1ccc(-c2ccc(C#N)cc2)c2cccc-4c12. The van der Waals surface area contributed by atoms with Crippen LogP contribution in [0.15, 0.2) is 140 Å². The van der Waals surface area contributed by atoms with E-state index in [4.69, 9.17) is 0 Å². The van der Waals surface area contributed by atoms with Crippen LogP contribution in [0, 0.1) is 47.8 Å². The zero-order chi connectivity index (χ0) is 36.7. The van der Waals surface area contributed by atoms with Crippen molar-refractivity contribution in [3.8, 4) is 73.8 Å². The van der Waals surface area contributed by atoms with Gasteiger partial charge in [-0.15, -0.1) is 0 Å². The number of hydrogen-bond acceptors (Lipinski definition) is 3. The highest BCUT2D eigenvalue weighted by molar-refractivity contribution is 6.27. The lowest BCUT2D eigenvalue weighted by Crippen LogP contribution is -1.93. The van der Waals surface area contributed by atoms with E-state index < -0.39 is 0 Å². The normalized spacial score (nSPS) is 11.5. The van der Waals surface area contributed by atoms with Crippen LogP contribution in [0.5, 0.6) is 0 Å². The molecule has 0 radical (unpaired) electrons. The Kier molecular flexibility index (Phi) is 6.81. The molecule has 0 spiro atoms. The van der Waals surface area contributed by atoms with Crippen LogP contribution >= 0.6 is 0 Å². The Morgan fingerprint density at radius 1 is 0.315 bits per heavy atom. The Bertz CT molecular complexity index is 3250. The Morgan fingerprint density at radius 2 is 0.778 bits per heavy atom. The van der Waals surface area contributed by atoms with Gasteiger partial charge in [0.25, 0.3) is 0 Å². The van der Waals surface area contributed by atoms with E-state index in [2.05, 4.69) is 123 Å². The second-order valence-electron chi connectivity index (χ2n) is 14.3. The molecule has 0 amide bonds. The van der Waals surface area contributed by atoms with Crippen molar-refractivity contribution in [1.29, 1.82) is 15.8 Å². The van der Waals surface area contributed by atoms with Gasteiger partial charge >= 0.3 is 0 Å². The number of benzene rings is 9. The lowest BCUT2D eigenvalue weighted by Gasteiger charge is -2.19. The first-order chi connectivity index (χ1) is 26.4. The number of nitrogens with zero attached hydrogens (tertiary/aromatic N) is 3. The van der Waals surface area contributed by atoms with Crippen LogP contribution in [-0.4, -0.2) is 0 Å². The second-order valence-corrected chi connectivity index (χ2v) is 14.3. The molecule has 0 fully saturated rings. The fourth-order valence-electron chi connectivity index (χ4n) is 8.84. The molecule has 54 heavy (non-hydrogen) atoms. The van der Waals surface area contributed by atoms with Crippen LogP contribution in [0.25, 0.3) is 98.7 Å². The van der Waals surface area contributed by atoms with E-state index in [9.17, 15) is 15.8 Å². The smallest absolute Gasteiger partial charge is 0.0991 e. The largest absolute Gasteiger partial charge is 0.192 e. The average molecular weight is 684 g/mol. The molecule has 0 aliphatic heterocycles. The van der Waals surface area contributed by atoms with E-state index in [1.807, 2.05) is 48.5 Å². The highest BCUT2D eigenvalue weighted by Crippen LogP contribution is 2.53. The van der Waals surface area contributed by atoms with Gasteiger partial charge in [-0.2, -0.15) is 15.8 Å². The van der Waals surface area contributed by atoms with Crippen LogP contribution in [0.4, 0.5) is 0 Å². The molecule has 10 rings (SSSR count). The summed E-state index contributed by atoms with van der Waals surface area (Å²) >= 11 is 0. The zero-order valence-corrected chi connectivity index (χ0v) is 29.6. The predicted octanol–water partition coefficient (Wildman–Crippen LogP) is 13.2. The van der Waals surface area contributed by atoms with Crippen LogP contribution in [-0.2, 0) is 0 Å². The first-order valence-electron chi connectivity index (χ1n) is 18.0. The highest BCUT2D eigenvalue weighted by Gasteiger charge is 2.26. The fourth-order valence-corrected chi connectivity index (χ4v) is 8.84. The van der Waals surface area contributed by atoms with Crippen molar-refractivity contribution in [2.45, 2.75) is 13.8 Å². The molecular formula is C51H29N3.